The highest BCUT2D eigenvalue weighted by molar-refractivity contribution is 4.66. The van der Waals surface area contributed by atoms with Crippen molar-refractivity contribution in [1.29, 1.82) is 0 Å². The van der Waals surface area contributed by atoms with Crippen LogP contribution in [0, 0.1) is 0 Å². The van der Waals surface area contributed by atoms with Gasteiger partial charge in [-0.3, -0.25) is 0 Å². The Hall–Kier alpha value is -0.160. The maximum atomic E-state index is 9.64. The molecule has 0 aromatic rings. The zero-order valence-electron chi connectivity index (χ0n) is 10.4. The molecule has 0 spiro atoms. The van der Waals surface area contributed by atoms with E-state index in [-0.39, 0.29) is 6.10 Å². The lowest BCUT2D eigenvalue weighted by molar-refractivity contribution is -0.0168. The molecule has 2 N–H and O–H groups in total. The summed E-state index contributed by atoms with van der Waals surface area (Å²) in [4.78, 5) is 0. The van der Waals surface area contributed by atoms with Crippen molar-refractivity contribution in [3.05, 3.63) is 0 Å². The number of aliphatic hydroxyl groups excluding tert-OH is 1. The largest absolute Gasteiger partial charge is 0.389 e. The molecule has 3 unspecified atom stereocenters. The highest BCUT2D eigenvalue weighted by atomic mass is 16.5. The van der Waals surface area contributed by atoms with Crippen LogP contribution in [0.3, 0.4) is 0 Å². The molecule has 1 heterocycles. The van der Waals surface area contributed by atoms with Gasteiger partial charge in [-0.25, -0.2) is 0 Å². The standard InChI is InChI=1S/C12H25NO3/c1-3-10(2)13-7-11(14)8-15-9-12-5-4-6-16-12/h10-14H,3-9H2,1-2H3. The van der Waals surface area contributed by atoms with Crippen LogP contribution in [0.5, 0.6) is 0 Å². The van der Waals surface area contributed by atoms with Crippen LogP contribution in [0.2, 0.25) is 0 Å². The van der Waals surface area contributed by atoms with Gasteiger partial charge in [0.25, 0.3) is 0 Å². The summed E-state index contributed by atoms with van der Waals surface area (Å²) in [6, 6.07) is 0.452. The quantitative estimate of drug-likeness (QED) is 0.652. The molecule has 3 atom stereocenters. The van der Waals surface area contributed by atoms with Crippen molar-refractivity contribution >= 4 is 0 Å². The maximum Gasteiger partial charge on any atom is 0.0897 e. The molecule has 0 aliphatic carbocycles. The minimum absolute atomic E-state index is 0.245. The van der Waals surface area contributed by atoms with E-state index in [1.807, 2.05) is 0 Å². The molecule has 1 fully saturated rings. The Bertz CT molecular complexity index is 172. The Morgan fingerprint density at radius 2 is 2.38 bits per heavy atom. The second-order valence-corrected chi connectivity index (χ2v) is 4.54. The van der Waals surface area contributed by atoms with E-state index in [4.69, 9.17) is 9.47 Å². The summed E-state index contributed by atoms with van der Waals surface area (Å²) >= 11 is 0. The fraction of sp³-hybridized carbons (Fsp3) is 1.00. The van der Waals surface area contributed by atoms with Gasteiger partial charge in [0.2, 0.25) is 0 Å². The van der Waals surface area contributed by atoms with E-state index in [0.717, 1.165) is 25.9 Å². The minimum Gasteiger partial charge on any atom is -0.389 e. The molecule has 0 aromatic heterocycles. The van der Waals surface area contributed by atoms with E-state index in [0.29, 0.717) is 25.8 Å². The molecular weight excluding hydrogens is 206 g/mol. The van der Waals surface area contributed by atoms with Crippen molar-refractivity contribution in [3.63, 3.8) is 0 Å². The summed E-state index contributed by atoms with van der Waals surface area (Å²) in [5.41, 5.74) is 0. The number of aliphatic hydroxyl groups is 1. The molecule has 1 aliphatic rings. The van der Waals surface area contributed by atoms with E-state index in [1.165, 1.54) is 0 Å². The van der Waals surface area contributed by atoms with Crippen LogP contribution >= 0.6 is 0 Å². The summed E-state index contributed by atoms with van der Waals surface area (Å²) < 4.78 is 10.9. The summed E-state index contributed by atoms with van der Waals surface area (Å²) in [6.07, 6.45) is 3.11. The van der Waals surface area contributed by atoms with Crippen LogP contribution in [0.1, 0.15) is 33.1 Å². The molecule has 0 aromatic carbocycles. The van der Waals surface area contributed by atoms with E-state index in [1.54, 1.807) is 0 Å². The molecule has 1 rings (SSSR count). The van der Waals surface area contributed by atoms with E-state index >= 15 is 0 Å². The molecule has 0 bridgehead atoms. The van der Waals surface area contributed by atoms with Crippen molar-refractivity contribution in [2.45, 2.75) is 51.4 Å². The Labute approximate surface area is 98.3 Å². The fourth-order valence-electron chi connectivity index (χ4n) is 1.65. The maximum absolute atomic E-state index is 9.64. The molecular formula is C12H25NO3. The van der Waals surface area contributed by atoms with Gasteiger partial charge in [-0.1, -0.05) is 6.92 Å². The molecule has 4 heteroatoms. The molecule has 0 amide bonds. The zero-order chi connectivity index (χ0) is 11.8. The lowest BCUT2D eigenvalue weighted by Crippen LogP contribution is -2.36. The molecule has 1 aliphatic heterocycles. The van der Waals surface area contributed by atoms with E-state index in [2.05, 4.69) is 19.2 Å². The first kappa shape index (κ1) is 13.9. The van der Waals surface area contributed by atoms with Gasteiger partial charge in [0, 0.05) is 19.2 Å². The topological polar surface area (TPSA) is 50.7 Å². The third-order valence-electron chi connectivity index (χ3n) is 2.95. The van der Waals surface area contributed by atoms with E-state index in [9.17, 15) is 5.11 Å². The Morgan fingerprint density at radius 1 is 1.56 bits per heavy atom. The van der Waals surface area contributed by atoms with Gasteiger partial charge in [-0.15, -0.1) is 0 Å². The average molecular weight is 231 g/mol. The Morgan fingerprint density at radius 3 is 3.00 bits per heavy atom. The lowest BCUT2D eigenvalue weighted by Gasteiger charge is -2.17. The van der Waals surface area contributed by atoms with Crippen LogP contribution in [0.25, 0.3) is 0 Å². The van der Waals surface area contributed by atoms with Gasteiger partial charge >= 0.3 is 0 Å². The van der Waals surface area contributed by atoms with Crippen molar-refractivity contribution in [2.75, 3.05) is 26.4 Å². The summed E-state index contributed by atoms with van der Waals surface area (Å²) in [6.45, 7) is 6.69. The SMILES string of the molecule is CCC(C)NCC(O)COCC1CCCO1. The monoisotopic (exact) mass is 231 g/mol. The van der Waals surface area contributed by atoms with Gasteiger partial charge < -0.3 is 19.9 Å². The predicted octanol–water partition coefficient (Wildman–Crippen LogP) is 0.931. The van der Waals surface area contributed by atoms with Crippen molar-refractivity contribution < 1.29 is 14.6 Å². The second kappa shape index (κ2) is 8.01. The smallest absolute Gasteiger partial charge is 0.0897 e. The average Bonchev–Trinajstić information content (AvgIpc) is 2.79. The molecule has 96 valence electrons. The number of nitrogens with one attached hydrogen (secondary N) is 1. The molecule has 0 radical (unpaired) electrons. The molecule has 1 saturated heterocycles. The van der Waals surface area contributed by atoms with Gasteiger partial charge in [0.1, 0.15) is 0 Å². The van der Waals surface area contributed by atoms with Crippen LogP contribution in [0.4, 0.5) is 0 Å². The van der Waals surface area contributed by atoms with Crippen molar-refractivity contribution in [3.8, 4) is 0 Å². The highest BCUT2D eigenvalue weighted by Crippen LogP contribution is 2.11. The lowest BCUT2D eigenvalue weighted by atomic mass is 10.2. The number of rotatable bonds is 8. The van der Waals surface area contributed by atoms with Crippen molar-refractivity contribution in [1.82, 2.24) is 5.32 Å². The normalized spacial score (nSPS) is 24.6. The first-order chi connectivity index (χ1) is 7.72. The van der Waals surface area contributed by atoms with Gasteiger partial charge in [-0.2, -0.15) is 0 Å². The van der Waals surface area contributed by atoms with Gasteiger partial charge in [0.05, 0.1) is 25.4 Å². The number of hydrogen-bond donors (Lipinski definition) is 2. The minimum atomic E-state index is -0.421. The molecule has 4 nitrogen and oxygen atoms in total. The third-order valence-corrected chi connectivity index (χ3v) is 2.95. The number of ether oxygens (including phenoxy) is 2. The van der Waals surface area contributed by atoms with E-state index < -0.39 is 6.10 Å². The van der Waals surface area contributed by atoms with Gasteiger partial charge in [0.15, 0.2) is 0 Å². The van der Waals surface area contributed by atoms with Crippen LogP contribution in [-0.2, 0) is 9.47 Å². The Kier molecular flexibility index (Phi) is 6.96. The second-order valence-electron chi connectivity index (χ2n) is 4.54. The Balaban J connectivity index is 1.94. The third kappa shape index (κ3) is 5.80. The first-order valence-electron chi connectivity index (χ1n) is 6.33. The van der Waals surface area contributed by atoms with Gasteiger partial charge in [-0.05, 0) is 26.2 Å². The summed E-state index contributed by atoms with van der Waals surface area (Å²) in [5.74, 6) is 0. The highest BCUT2D eigenvalue weighted by Gasteiger charge is 2.16. The molecule has 0 saturated carbocycles. The zero-order valence-corrected chi connectivity index (χ0v) is 10.4. The summed E-state index contributed by atoms with van der Waals surface area (Å²) in [7, 11) is 0. The summed E-state index contributed by atoms with van der Waals surface area (Å²) in [5, 5.41) is 12.9. The fourth-order valence-corrected chi connectivity index (χ4v) is 1.65. The number of hydrogen-bond acceptors (Lipinski definition) is 4. The predicted molar refractivity (Wildman–Crippen MR) is 63.6 cm³/mol. The van der Waals surface area contributed by atoms with Crippen LogP contribution in [-0.4, -0.2) is 49.7 Å². The molecule has 16 heavy (non-hydrogen) atoms. The van der Waals surface area contributed by atoms with Crippen LogP contribution < -0.4 is 5.32 Å². The van der Waals surface area contributed by atoms with Crippen LogP contribution in [0.15, 0.2) is 0 Å². The first-order valence-corrected chi connectivity index (χ1v) is 6.33. The van der Waals surface area contributed by atoms with Crippen molar-refractivity contribution in [2.24, 2.45) is 0 Å².